The van der Waals surface area contributed by atoms with Crippen molar-refractivity contribution in [3.05, 3.63) is 33.4 Å². The predicted octanol–water partition coefficient (Wildman–Crippen LogP) is 2.97. The highest BCUT2D eigenvalue weighted by molar-refractivity contribution is 14.1. The van der Waals surface area contributed by atoms with E-state index in [0.717, 1.165) is 12.8 Å². The smallest absolute Gasteiger partial charge is 0.0337 e. The van der Waals surface area contributed by atoms with E-state index in [-0.39, 0.29) is 0 Å². The van der Waals surface area contributed by atoms with Gasteiger partial charge < -0.3 is 5.32 Å². The van der Waals surface area contributed by atoms with Gasteiger partial charge in [0.1, 0.15) is 0 Å². The summed E-state index contributed by atoms with van der Waals surface area (Å²) in [5, 5.41) is 3.29. The van der Waals surface area contributed by atoms with Crippen molar-refractivity contribution in [3.8, 4) is 12.3 Å². The van der Waals surface area contributed by atoms with Crippen molar-refractivity contribution in [2.24, 2.45) is 0 Å². The molecule has 0 fully saturated rings. The van der Waals surface area contributed by atoms with E-state index in [4.69, 9.17) is 6.42 Å². The Morgan fingerprint density at radius 3 is 2.79 bits per heavy atom. The molecular formula is C12H14IN. The van der Waals surface area contributed by atoms with Crippen molar-refractivity contribution in [1.29, 1.82) is 0 Å². The predicted molar refractivity (Wildman–Crippen MR) is 69.0 cm³/mol. The fourth-order valence-corrected chi connectivity index (χ4v) is 2.20. The van der Waals surface area contributed by atoms with Crippen LogP contribution in [0.2, 0.25) is 0 Å². The van der Waals surface area contributed by atoms with E-state index in [1.807, 2.05) is 7.05 Å². The molecule has 1 rings (SSSR count). The van der Waals surface area contributed by atoms with Gasteiger partial charge in [-0.25, -0.2) is 0 Å². The van der Waals surface area contributed by atoms with Crippen molar-refractivity contribution < 1.29 is 0 Å². The first kappa shape index (κ1) is 11.5. The molecule has 1 unspecified atom stereocenters. The number of nitrogens with one attached hydrogen (secondary N) is 1. The SMILES string of the molecule is C#CCCC(NC)c1ccccc1I. The minimum atomic E-state index is 0.374. The summed E-state index contributed by atoms with van der Waals surface area (Å²) in [6.45, 7) is 0. The Kier molecular flexibility index (Phi) is 4.99. The zero-order valence-corrected chi connectivity index (χ0v) is 10.4. The summed E-state index contributed by atoms with van der Waals surface area (Å²) in [6.07, 6.45) is 7.08. The Labute approximate surface area is 99.4 Å². The Hall–Kier alpha value is -0.530. The molecule has 0 bridgehead atoms. The normalized spacial score (nSPS) is 12.1. The highest BCUT2D eigenvalue weighted by atomic mass is 127. The van der Waals surface area contributed by atoms with Crippen molar-refractivity contribution in [2.75, 3.05) is 7.05 Å². The van der Waals surface area contributed by atoms with Crippen LogP contribution >= 0.6 is 22.6 Å². The largest absolute Gasteiger partial charge is 0.313 e. The number of terminal acetylenes is 1. The molecular weight excluding hydrogens is 285 g/mol. The van der Waals surface area contributed by atoms with Crippen LogP contribution < -0.4 is 5.32 Å². The molecule has 0 aliphatic carbocycles. The third-order valence-corrected chi connectivity index (χ3v) is 3.19. The van der Waals surface area contributed by atoms with Gasteiger partial charge in [0, 0.05) is 16.0 Å². The first-order chi connectivity index (χ1) is 6.79. The average molecular weight is 299 g/mol. The van der Waals surface area contributed by atoms with E-state index in [0.29, 0.717) is 6.04 Å². The average Bonchev–Trinajstić information content (AvgIpc) is 2.21. The lowest BCUT2D eigenvalue weighted by molar-refractivity contribution is 0.556. The molecule has 0 spiro atoms. The summed E-state index contributed by atoms with van der Waals surface area (Å²) < 4.78 is 1.29. The second-order valence-corrected chi connectivity index (χ2v) is 4.27. The van der Waals surface area contributed by atoms with Crippen molar-refractivity contribution in [3.63, 3.8) is 0 Å². The van der Waals surface area contributed by atoms with Gasteiger partial charge in [0.15, 0.2) is 0 Å². The molecule has 1 aromatic rings. The van der Waals surface area contributed by atoms with Gasteiger partial charge in [-0.05, 0) is 47.7 Å². The molecule has 0 heterocycles. The Morgan fingerprint density at radius 1 is 1.50 bits per heavy atom. The van der Waals surface area contributed by atoms with Gasteiger partial charge in [-0.2, -0.15) is 0 Å². The fourth-order valence-electron chi connectivity index (χ4n) is 1.44. The van der Waals surface area contributed by atoms with Gasteiger partial charge in [0.05, 0.1) is 0 Å². The number of benzene rings is 1. The van der Waals surface area contributed by atoms with Crippen LogP contribution in [0.1, 0.15) is 24.4 Å². The quantitative estimate of drug-likeness (QED) is 0.666. The van der Waals surface area contributed by atoms with Crippen LogP contribution in [-0.2, 0) is 0 Å². The highest BCUT2D eigenvalue weighted by Crippen LogP contribution is 2.22. The second kappa shape index (κ2) is 6.05. The van der Waals surface area contributed by atoms with Crippen LogP contribution in [0.5, 0.6) is 0 Å². The van der Waals surface area contributed by atoms with Gasteiger partial charge in [-0.1, -0.05) is 18.2 Å². The van der Waals surface area contributed by atoms with E-state index >= 15 is 0 Å². The summed E-state index contributed by atoms with van der Waals surface area (Å²) in [7, 11) is 1.98. The van der Waals surface area contributed by atoms with Gasteiger partial charge in [0.25, 0.3) is 0 Å². The summed E-state index contributed by atoms with van der Waals surface area (Å²) >= 11 is 2.36. The highest BCUT2D eigenvalue weighted by Gasteiger charge is 2.10. The topological polar surface area (TPSA) is 12.0 Å². The van der Waals surface area contributed by atoms with Crippen molar-refractivity contribution in [1.82, 2.24) is 5.32 Å². The molecule has 0 amide bonds. The van der Waals surface area contributed by atoms with Crippen LogP contribution in [0.15, 0.2) is 24.3 Å². The monoisotopic (exact) mass is 299 g/mol. The van der Waals surface area contributed by atoms with Gasteiger partial charge >= 0.3 is 0 Å². The Morgan fingerprint density at radius 2 is 2.21 bits per heavy atom. The molecule has 14 heavy (non-hydrogen) atoms. The van der Waals surface area contributed by atoms with Crippen LogP contribution in [0, 0.1) is 15.9 Å². The molecule has 74 valence electrons. The molecule has 0 saturated carbocycles. The zero-order valence-electron chi connectivity index (χ0n) is 8.26. The van der Waals surface area contributed by atoms with E-state index in [1.54, 1.807) is 0 Å². The lowest BCUT2D eigenvalue weighted by Gasteiger charge is -2.16. The summed E-state index contributed by atoms with van der Waals surface area (Å²) in [5.74, 6) is 2.68. The first-order valence-electron chi connectivity index (χ1n) is 4.64. The van der Waals surface area contributed by atoms with Crippen LogP contribution in [-0.4, -0.2) is 7.05 Å². The van der Waals surface area contributed by atoms with E-state index in [2.05, 4.69) is 58.1 Å². The molecule has 0 saturated heterocycles. The lowest BCUT2D eigenvalue weighted by Crippen LogP contribution is -2.17. The van der Waals surface area contributed by atoms with E-state index in [9.17, 15) is 0 Å². The van der Waals surface area contributed by atoms with Gasteiger partial charge in [-0.3, -0.25) is 0 Å². The Bertz CT molecular complexity index is 327. The first-order valence-corrected chi connectivity index (χ1v) is 5.72. The van der Waals surface area contributed by atoms with Crippen molar-refractivity contribution >= 4 is 22.6 Å². The molecule has 0 radical (unpaired) electrons. The molecule has 0 aliphatic heterocycles. The van der Waals surface area contributed by atoms with Gasteiger partial charge in [0.2, 0.25) is 0 Å². The van der Waals surface area contributed by atoms with Crippen LogP contribution in [0.3, 0.4) is 0 Å². The maximum Gasteiger partial charge on any atom is 0.0337 e. The van der Waals surface area contributed by atoms with Crippen LogP contribution in [0.25, 0.3) is 0 Å². The number of rotatable bonds is 4. The molecule has 1 N–H and O–H groups in total. The molecule has 1 nitrogen and oxygen atoms in total. The van der Waals surface area contributed by atoms with Crippen molar-refractivity contribution in [2.45, 2.75) is 18.9 Å². The zero-order chi connectivity index (χ0) is 10.4. The fraction of sp³-hybridized carbons (Fsp3) is 0.333. The van der Waals surface area contributed by atoms with E-state index < -0.39 is 0 Å². The minimum absolute atomic E-state index is 0.374. The summed E-state index contributed by atoms with van der Waals surface area (Å²) in [4.78, 5) is 0. The molecule has 0 aromatic heterocycles. The molecule has 0 aliphatic rings. The molecule has 1 aromatic carbocycles. The molecule has 1 atom stereocenters. The standard InChI is InChI=1S/C12H14IN/c1-3-4-9-12(14-2)10-7-5-6-8-11(10)13/h1,5-8,12,14H,4,9H2,2H3. The minimum Gasteiger partial charge on any atom is -0.313 e. The van der Waals surface area contributed by atoms with Gasteiger partial charge in [-0.15, -0.1) is 12.3 Å². The maximum atomic E-state index is 5.27. The van der Waals surface area contributed by atoms with E-state index in [1.165, 1.54) is 9.13 Å². The molecule has 2 heteroatoms. The maximum absolute atomic E-state index is 5.27. The third kappa shape index (κ3) is 3.00. The van der Waals surface area contributed by atoms with Crippen LogP contribution in [0.4, 0.5) is 0 Å². The lowest BCUT2D eigenvalue weighted by atomic mass is 10.0. The Balaban J connectivity index is 2.79. The second-order valence-electron chi connectivity index (χ2n) is 3.11. The third-order valence-electron chi connectivity index (χ3n) is 2.21. The number of hydrogen-bond donors (Lipinski definition) is 1. The summed E-state index contributed by atoms with van der Waals surface area (Å²) in [5.41, 5.74) is 1.34. The number of halogens is 1. The summed E-state index contributed by atoms with van der Waals surface area (Å²) in [6, 6.07) is 8.77. The number of hydrogen-bond acceptors (Lipinski definition) is 1.